The highest BCUT2D eigenvalue weighted by atomic mass is 35.5. The van der Waals surface area contributed by atoms with E-state index in [9.17, 15) is 4.79 Å². The average Bonchev–Trinajstić information content (AvgIpc) is 3.25. The first-order valence-corrected chi connectivity index (χ1v) is 7.22. The Morgan fingerprint density at radius 3 is 2.55 bits per heavy atom. The third kappa shape index (κ3) is 2.67. The lowest BCUT2D eigenvalue weighted by Crippen LogP contribution is -2.14. The number of hydrogen-bond acceptors (Lipinski definition) is 1. The van der Waals surface area contributed by atoms with Crippen LogP contribution < -0.4 is 5.32 Å². The lowest BCUT2D eigenvalue weighted by atomic mass is 10.1. The SMILES string of the molecule is O=C(Nc1cccc(Cl)c1Cl)[C@@H]1C[C@@H]1c1ccccc1. The van der Waals surface area contributed by atoms with Gasteiger partial charge in [0.15, 0.2) is 0 Å². The van der Waals surface area contributed by atoms with Gasteiger partial charge in [-0.15, -0.1) is 0 Å². The van der Waals surface area contributed by atoms with Crippen LogP contribution in [0.25, 0.3) is 0 Å². The van der Waals surface area contributed by atoms with Crippen molar-refractivity contribution in [1.82, 2.24) is 0 Å². The molecule has 4 heteroatoms. The molecule has 1 saturated carbocycles. The van der Waals surface area contributed by atoms with Gasteiger partial charge in [-0.25, -0.2) is 0 Å². The molecule has 3 rings (SSSR count). The highest BCUT2D eigenvalue weighted by molar-refractivity contribution is 6.44. The van der Waals surface area contributed by atoms with E-state index in [1.807, 2.05) is 18.2 Å². The number of halogens is 2. The molecule has 1 aliphatic carbocycles. The lowest BCUT2D eigenvalue weighted by molar-refractivity contribution is -0.117. The van der Waals surface area contributed by atoms with E-state index in [0.29, 0.717) is 21.7 Å². The summed E-state index contributed by atoms with van der Waals surface area (Å²) in [6.07, 6.45) is 0.883. The van der Waals surface area contributed by atoms with E-state index in [-0.39, 0.29) is 11.8 Å². The zero-order valence-electron chi connectivity index (χ0n) is 10.6. The number of amides is 1. The van der Waals surface area contributed by atoms with Crippen LogP contribution in [0.5, 0.6) is 0 Å². The monoisotopic (exact) mass is 305 g/mol. The Labute approximate surface area is 127 Å². The van der Waals surface area contributed by atoms with E-state index in [0.717, 1.165) is 6.42 Å². The van der Waals surface area contributed by atoms with E-state index in [1.54, 1.807) is 18.2 Å². The Bertz CT molecular complexity index is 642. The molecule has 1 N–H and O–H groups in total. The van der Waals surface area contributed by atoms with E-state index in [4.69, 9.17) is 23.2 Å². The summed E-state index contributed by atoms with van der Waals surface area (Å²) in [6.45, 7) is 0. The van der Waals surface area contributed by atoms with Gasteiger partial charge in [0, 0.05) is 5.92 Å². The van der Waals surface area contributed by atoms with Crippen molar-refractivity contribution in [3.05, 3.63) is 64.1 Å². The van der Waals surface area contributed by atoms with Gasteiger partial charge in [0.05, 0.1) is 15.7 Å². The zero-order chi connectivity index (χ0) is 14.1. The molecule has 2 aromatic carbocycles. The fourth-order valence-corrected chi connectivity index (χ4v) is 2.73. The summed E-state index contributed by atoms with van der Waals surface area (Å²) in [7, 11) is 0. The van der Waals surface area contributed by atoms with Crippen LogP contribution in [0, 0.1) is 5.92 Å². The second-order valence-electron chi connectivity index (χ2n) is 4.95. The Balaban J connectivity index is 1.69. The van der Waals surface area contributed by atoms with E-state index in [2.05, 4.69) is 17.4 Å². The minimum atomic E-state index is 0.00280. The molecule has 1 aliphatic rings. The third-order valence-electron chi connectivity index (χ3n) is 3.56. The number of benzene rings is 2. The van der Waals surface area contributed by atoms with E-state index < -0.39 is 0 Å². The molecule has 0 aromatic heterocycles. The van der Waals surface area contributed by atoms with Crippen molar-refractivity contribution in [3.63, 3.8) is 0 Å². The Hall–Kier alpha value is -1.51. The summed E-state index contributed by atoms with van der Waals surface area (Å²) in [5.41, 5.74) is 1.78. The molecule has 0 radical (unpaired) electrons. The molecule has 0 unspecified atom stereocenters. The van der Waals surface area contributed by atoms with Crippen LogP contribution in [-0.2, 0) is 4.79 Å². The van der Waals surface area contributed by atoms with Crippen molar-refractivity contribution in [2.45, 2.75) is 12.3 Å². The molecule has 0 heterocycles. The molecule has 1 amide bonds. The Kier molecular flexibility index (Phi) is 3.68. The topological polar surface area (TPSA) is 29.1 Å². The standard InChI is InChI=1S/C16H13Cl2NO/c17-13-7-4-8-14(15(13)18)19-16(20)12-9-11(12)10-5-2-1-3-6-10/h1-8,11-12H,9H2,(H,19,20)/t11-,12-/m1/s1. The third-order valence-corrected chi connectivity index (χ3v) is 4.38. The van der Waals surface area contributed by atoms with Gasteiger partial charge < -0.3 is 5.32 Å². The minimum Gasteiger partial charge on any atom is -0.324 e. The first-order valence-electron chi connectivity index (χ1n) is 6.46. The van der Waals surface area contributed by atoms with E-state index >= 15 is 0 Å². The molecule has 0 saturated heterocycles. The normalized spacial score (nSPS) is 20.5. The van der Waals surface area contributed by atoms with E-state index in [1.165, 1.54) is 5.56 Å². The van der Waals surface area contributed by atoms with Gasteiger partial charge in [0.2, 0.25) is 5.91 Å². The summed E-state index contributed by atoms with van der Waals surface area (Å²) in [4.78, 5) is 12.2. The second-order valence-corrected chi connectivity index (χ2v) is 5.74. The summed E-state index contributed by atoms with van der Waals surface area (Å²) >= 11 is 12.0. The smallest absolute Gasteiger partial charge is 0.228 e. The number of hydrogen-bond donors (Lipinski definition) is 1. The summed E-state index contributed by atoms with van der Waals surface area (Å²) in [5, 5.41) is 3.69. The van der Waals surface area contributed by atoms with Gasteiger partial charge in [0.25, 0.3) is 0 Å². The van der Waals surface area contributed by atoms with Crippen molar-refractivity contribution < 1.29 is 4.79 Å². The molecule has 2 atom stereocenters. The molecule has 1 fully saturated rings. The van der Waals surface area contributed by atoms with Gasteiger partial charge >= 0.3 is 0 Å². The molecular weight excluding hydrogens is 293 g/mol. The number of carbonyl (C=O) groups is 1. The van der Waals surface area contributed by atoms with Gasteiger partial charge in [-0.1, -0.05) is 59.6 Å². The predicted octanol–water partition coefficient (Wildman–Crippen LogP) is 4.74. The number of anilines is 1. The highest BCUT2D eigenvalue weighted by Gasteiger charge is 2.43. The van der Waals surface area contributed by atoms with Gasteiger partial charge in [-0.2, -0.15) is 0 Å². The molecule has 20 heavy (non-hydrogen) atoms. The van der Waals surface area contributed by atoms with Crippen LogP contribution in [0.15, 0.2) is 48.5 Å². The van der Waals surface area contributed by atoms with Crippen molar-refractivity contribution in [3.8, 4) is 0 Å². The van der Waals surface area contributed by atoms with Gasteiger partial charge in [0.1, 0.15) is 0 Å². The lowest BCUT2D eigenvalue weighted by Gasteiger charge is -2.08. The largest absolute Gasteiger partial charge is 0.324 e. The van der Waals surface area contributed by atoms with Crippen LogP contribution in [0.2, 0.25) is 10.0 Å². The highest BCUT2D eigenvalue weighted by Crippen LogP contribution is 2.48. The first kappa shape index (κ1) is 13.5. The van der Waals surface area contributed by atoms with Crippen molar-refractivity contribution in [1.29, 1.82) is 0 Å². The fourth-order valence-electron chi connectivity index (χ4n) is 2.38. The molecular formula is C16H13Cl2NO. The summed E-state index contributed by atoms with van der Waals surface area (Å²) in [6, 6.07) is 15.3. The maximum atomic E-state index is 12.2. The summed E-state index contributed by atoms with van der Waals surface area (Å²) < 4.78 is 0. The molecule has 0 aliphatic heterocycles. The average molecular weight is 306 g/mol. The van der Waals surface area contributed by atoms with Crippen LogP contribution in [0.1, 0.15) is 17.9 Å². The minimum absolute atomic E-state index is 0.00280. The fraction of sp³-hybridized carbons (Fsp3) is 0.188. The second kappa shape index (κ2) is 5.47. The molecule has 2 aromatic rings. The van der Waals surface area contributed by atoms with Gasteiger partial charge in [-0.05, 0) is 30.0 Å². The van der Waals surface area contributed by atoms with Crippen LogP contribution >= 0.6 is 23.2 Å². The van der Waals surface area contributed by atoms with Crippen LogP contribution in [0.4, 0.5) is 5.69 Å². The van der Waals surface area contributed by atoms with Gasteiger partial charge in [-0.3, -0.25) is 4.79 Å². The maximum absolute atomic E-state index is 12.2. The van der Waals surface area contributed by atoms with Crippen LogP contribution in [-0.4, -0.2) is 5.91 Å². The van der Waals surface area contributed by atoms with Crippen molar-refractivity contribution in [2.75, 3.05) is 5.32 Å². The Morgan fingerprint density at radius 2 is 1.80 bits per heavy atom. The molecule has 0 spiro atoms. The Morgan fingerprint density at radius 1 is 1.05 bits per heavy atom. The number of nitrogens with one attached hydrogen (secondary N) is 1. The summed E-state index contributed by atoms with van der Waals surface area (Å²) in [5.74, 6) is 0.338. The molecule has 0 bridgehead atoms. The maximum Gasteiger partial charge on any atom is 0.228 e. The molecule has 2 nitrogen and oxygen atoms in total. The predicted molar refractivity (Wildman–Crippen MR) is 82.4 cm³/mol. The zero-order valence-corrected chi connectivity index (χ0v) is 12.2. The first-order chi connectivity index (χ1) is 9.66. The number of carbonyl (C=O) groups excluding carboxylic acids is 1. The van der Waals surface area contributed by atoms with Crippen molar-refractivity contribution >= 4 is 34.8 Å². The van der Waals surface area contributed by atoms with Crippen molar-refractivity contribution in [2.24, 2.45) is 5.92 Å². The number of rotatable bonds is 3. The quantitative estimate of drug-likeness (QED) is 0.872. The van der Waals surface area contributed by atoms with Crippen LogP contribution in [0.3, 0.4) is 0 Å². The molecule has 102 valence electrons.